The Morgan fingerprint density at radius 1 is 0.971 bits per heavy atom. The van der Waals surface area contributed by atoms with Gasteiger partial charge in [-0.15, -0.1) is 0 Å². The number of rotatable bonds is 6. The predicted octanol–water partition coefficient (Wildman–Crippen LogP) is 4.66. The van der Waals surface area contributed by atoms with Crippen LogP contribution < -0.4 is 15.6 Å². The van der Waals surface area contributed by atoms with E-state index in [2.05, 4.69) is 15.2 Å². The third-order valence-corrected chi connectivity index (χ3v) is 6.54. The lowest BCUT2D eigenvalue weighted by atomic mass is 10.2. The zero-order valence-electron chi connectivity index (χ0n) is 17.2. The summed E-state index contributed by atoms with van der Waals surface area (Å²) in [5.41, 5.74) is 2.42. The maximum Gasteiger partial charge on any atom is 0.273 e. The van der Waals surface area contributed by atoms with Gasteiger partial charge in [0.2, 0.25) is 5.43 Å². The zero-order valence-corrected chi connectivity index (χ0v) is 19.5. The van der Waals surface area contributed by atoms with E-state index in [0.717, 1.165) is 6.21 Å². The number of nitrogens with one attached hydrogen (secondary N) is 2. The Bertz CT molecular complexity index is 1580. The van der Waals surface area contributed by atoms with E-state index in [1.165, 1.54) is 48.7 Å². The molecule has 4 rings (SSSR count). The number of hydrogen-bond acceptors (Lipinski definition) is 6. The standard InChI is InChI=1S/C23H15Cl2N3O5S/c24-15-5-8-17(9-6-15)34(31,32)28-20-4-2-1-3-18(20)23(30)27-26-12-14-13-33-21-10-7-16(25)11-19(21)22(14)29/h1-13,28H,(H,27,30)/b26-12-. The van der Waals surface area contributed by atoms with Crippen molar-refractivity contribution >= 4 is 62.0 Å². The van der Waals surface area contributed by atoms with E-state index in [1.54, 1.807) is 24.3 Å². The fraction of sp³-hybridized carbons (Fsp3) is 0. The first kappa shape index (κ1) is 23.5. The van der Waals surface area contributed by atoms with Gasteiger partial charge in [0.1, 0.15) is 11.8 Å². The summed E-state index contributed by atoms with van der Waals surface area (Å²) in [6.07, 6.45) is 2.34. The van der Waals surface area contributed by atoms with Crippen LogP contribution in [0.25, 0.3) is 11.0 Å². The smallest absolute Gasteiger partial charge is 0.273 e. The van der Waals surface area contributed by atoms with Crippen molar-refractivity contribution < 1.29 is 17.6 Å². The molecule has 8 nitrogen and oxygen atoms in total. The van der Waals surface area contributed by atoms with Crippen LogP contribution in [-0.4, -0.2) is 20.5 Å². The number of para-hydroxylation sites is 1. The van der Waals surface area contributed by atoms with Crippen molar-refractivity contribution in [2.24, 2.45) is 5.10 Å². The summed E-state index contributed by atoms with van der Waals surface area (Å²) in [5.74, 6) is -0.695. The van der Waals surface area contributed by atoms with Crippen LogP contribution in [0, 0.1) is 0 Å². The predicted molar refractivity (Wildman–Crippen MR) is 131 cm³/mol. The Balaban J connectivity index is 1.54. The topological polar surface area (TPSA) is 118 Å². The Morgan fingerprint density at radius 2 is 1.68 bits per heavy atom. The lowest BCUT2D eigenvalue weighted by molar-refractivity contribution is 0.0956. The number of benzene rings is 3. The van der Waals surface area contributed by atoms with Gasteiger partial charge < -0.3 is 4.42 Å². The molecule has 0 bridgehead atoms. The van der Waals surface area contributed by atoms with Gasteiger partial charge in [-0.25, -0.2) is 13.8 Å². The molecule has 0 spiro atoms. The van der Waals surface area contributed by atoms with Gasteiger partial charge in [-0.05, 0) is 54.6 Å². The van der Waals surface area contributed by atoms with Crippen molar-refractivity contribution in [3.8, 4) is 0 Å². The van der Waals surface area contributed by atoms with Crippen LogP contribution in [0.1, 0.15) is 15.9 Å². The third kappa shape index (κ3) is 5.12. The highest BCUT2D eigenvalue weighted by Crippen LogP contribution is 2.21. The molecule has 0 aliphatic carbocycles. The maximum absolute atomic E-state index is 12.7. The minimum atomic E-state index is -3.97. The van der Waals surface area contributed by atoms with E-state index in [-0.39, 0.29) is 32.5 Å². The van der Waals surface area contributed by atoms with Crippen LogP contribution in [0.15, 0.2) is 92.2 Å². The SMILES string of the molecule is O=C(N/N=C\c1coc2ccc(Cl)cc2c1=O)c1ccccc1NS(=O)(=O)c1ccc(Cl)cc1. The van der Waals surface area contributed by atoms with E-state index >= 15 is 0 Å². The van der Waals surface area contributed by atoms with Gasteiger partial charge in [0.05, 0.1) is 33.3 Å². The van der Waals surface area contributed by atoms with Crippen molar-refractivity contribution in [3.05, 3.63) is 104 Å². The molecule has 2 N–H and O–H groups in total. The van der Waals surface area contributed by atoms with Gasteiger partial charge in [-0.3, -0.25) is 14.3 Å². The molecule has 0 unspecified atom stereocenters. The molecule has 1 heterocycles. The average Bonchev–Trinajstić information content (AvgIpc) is 2.81. The van der Waals surface area contributed by atoms with Crippen molar-refractivity contribution in [1.82, 2.24) is 5.43 Å². The summed E-state index contributed by atoms with van der Waals surface area (Å²) in [6.45, 7) is 0. The number of carbonyl (C=O) groups excluding carboxylic acids is 1. The Labute approximate surface area is 203 Å². The molecule has 4 aromatic rings. The molecule has 1 amide bonds. The second-order valence-corrected chi connectivity index (χ2v) is 9.52. The molecule has 0 aliphatic rings. The first-order valence-corrected chi connectivity index (χ1v) is 11.9. The van der Waals surface area contributed by atoms with E-state index < -0.39 is 15.9 Å². The molecule has 34 heavy (non-hydrogen) atoms. The molecule has 0 aliphatic heterocycles. The Hall–Kier alpha value is -3.66. The van der Waals surface area contributed by atoms with Gasteiger partial charge in [-0.2, -0.15) is 5.10 Å². The zero-order chi connectivity index (χ0) is 24.3. The van der Waals surface area contributed by atoms with Crippen LogP contribution in [0.3, 0.4) is 0 Å². The number of sulfonamides is 1. The van der Waals surface area contributed by atoms with E-state index in [4.69, 9.17) is 27.6 Å². The largest absolute Gasteiger partial charge is 0.463 e. The van der Waals surface area contributed by atoms with Crippen molar-refractivity contribution in [2.75, 3.05) is 4.72 Å². The van der Waals surface area contributed by atoms with Crippen LogP contribution in [0.5, 0.6) is 0 Å². The summed E-state index contributed by atoms with van der Waals surface area (Å²) < 4.78 is 33.2. The summed E-state index contributed by atoms with van der Waals surface area (Å²) in [6, 6.07) is 16.2. The minimum Gasteiger partial charge on any atom is -0.463 e. The first-order valence-electron chi connectivity index (χ1n) is 9.66. The summed E-state index contributed by atoms with van der Waals surface area (Å²) in [4.78, 5) is 25.2. The quantitative estimate of drug-likeness (QED) is 0.286. The number of carbonyl (C=O) groups is 1. The number of hydrazone groups is 1. The highest BCUT2D eigenvalue weighted by molar-refractivity contribution is 7.92. The average molecular weight is 516 g/mol. The second kappa shape index (κ2) is 9.68. The minimum absolute atomic E-state index is 0.0201. The van der Waals surface area contributed by atoms with Gasteiger partial charge >= 0.3 is 0 Å². The Kier molecular flexibility index (Phi) is 6.69. The monoisotopic (exact) mass is 515 g/mol. The van der Waals surface area contributed by atoms with Gasteiger partial charge in [-0.1, -0.05) is 35.3 Å². The maximum atomic E-state index is 12.7. The fourth-order valence-corrected chi connectivity index (χ4v) is 4.39. The first-order chi connectivity index (χ1) is 16.2. The summed E-state index contributed by atoms with van der Waals surface area (Å²) in [5, 5.41) is 4.84. The molecule has 11 heteroatoms. The number of fused-ring (bicyclic) bond motifs is 1. The number of hydrogen-bond donors (Lipinski definition) is 2. The molecule has 0 saturated heterocycles. The normalized spacial score (nSPS) is 11.6. The van der Waals surface area contributed by atoms with Crippen LogP contribution in [-0.2, 0) is 10.0 Å². The lowest BCUT2D eigenvalue weighted by Crippen LogP contribution is -2.22. The van der Waals surface area contributed by atoms with E-state index in [0.29, 0.717) is 15.6 Å². The molecule has 0 fully saturated rings. The van der Waals surface area contributed by atoms with Crippen LogP contribution in [0.4, 0.5) is 5.69 Å². The lowest BCUT2D eigenvalue weighted by Gasteiger charge is -2.11. The van der Waals surface area contributed by atoms with Gasteiger partial charge in [0.15, 0.2) is 0 Å². The van der Waals surface area contributed by atoms with Crippen molar-refractivity contribution in [3.63, 3.8) is 0 Å². The molecule has 0 radical (unpaired) electrons. The molecule has 3 aromatic carbocycles. The molecule has 1 aromatic heterocycles. The van der Waals surface area contributed by atoms with Gasteiger partial charge in [0.25, 0.3) is 15.9 Å². The summed E-state index contributed by atoms with van der Waals surface area (Å²) >= 11 is 11.8. The summed E-state index contributed by atoms with van der Waals surface area (Å²) in [7, 11) is -3.97. The highest BCUT2D eigenvalue weighted by atomic mass is 35.5. The van der Waals surface area contributed by atoms with E-state index in [9.17, 15) is 18.0 Å². The van der Waals surface area contributed by atoms with Crippen molar-refractivity contribution in [2.45, 2.75) is 4.90 Å². The van der Waals surface area contributed by atoms with Crippen molar-refractivity contribution in [1.29, 1.82) is 0 Å². The number of nitrogens with zero attached hydrogens (tertiary/aromatic N) is 1. The molecule has 0 atom stereocenters. The number of amides is 1. The van der Waals surface area contributed by atoms with E-state index in [1.807, 2.05) is 0 Å². The fourth-order valence-electron chi connectivity index (χ4n) is 3.02. The molecular weight excluding hydrogens is 501 g/mol. The highest BCUT2D eigenvalue weighted by Gasteiger charge is 2.18. The number of halogens is 2. The van der Waals surface area contributed by atoms with Crippen LogP contribution >= 0.6 is 23.2 Å². The second-order valence-electron chi connectivity index (χ2n) is 6.96. The molecular formula is C23H15Cl2N3O5S. The Morgan fingerprint density at radius 3 is 2.44 bits per heavy atom. The molecule has 0 saturated carbocycles. The number of anilines is 1. The van der Waals surface area contributed by atoms with Gasteiger partial charge in [0, 0.05) is 10.0 Å². The third-order valence-electron chi connectivity index (χ3n) is 4.67. The van der Waals surface area contributed by atoms with Crippen LogP contribution in [0.2, 0.25) is 10.0 Å². The molecule has 172 valence electrons.